The van der Waals surface area contributed by atoms with Crippen molar-refractivity contribution in [1.82, 2.24) is 15.2 Å². The number of benzene rings is 1. The van der Waals surface area contributed by atoms with E-state index in [0.29, 0.717) is 5.56 Å². The van der Waals surface area contributed by atoms with Crippen molar-refractivity contribution in [2.45, 2.75) is 46.2 Å². The topological polar surface area (TPSA) is 71.2 Å². The van der Waals surface area contributed by atoms with Crippen LogP contribution in [0.4, 0.5) is 8.78 Å². The number of nitrogens with one attached hydrogen (secondary N) is 1. The number of nitrogens with two attached hydrogens (primary N) is 1. The molecule has 29 heavy (non-hydrogen) atoms. The molecule has 3 N–H and O–H groups in total. The van der Waals surface area contributed by atoms with Crippen molar-refractivity contribution in [1.29, 1.82) is 0 Å². The monoisotopic (exact) mass is 404 g/mol. The molecule has 3 rings (SSSR count). The first-order valence-electron chi connectivity index (χ1n) is 9.98. The van der Waals surface area contributed by atoms with Crippen molar-refractivity contribution >= 4 is 5.91 Å². The first-order chi connectivity index (χ1) is 13.9. The number of nitrogens with zero attached hydrogens (tertiary/aromatic N) is 2. The molecule has 0 fully saturated rings. The normalized spacial score (nSPS) is 13.9. The van der Waals surface area contributed by atoms with Crippen LogP contribution in [0.25, 0.3) is 0 Å². The van der Waals surface area contributed by atoms with Crippen molar-refractivity contribution in [3.05, 3.63) is 64.5 Å². The molecule has 7 heteroatoms. The number of pyridine rings is 1. The van der Waals surface area contributed by atoms with Gasteiger partial charge >= 0.3 is 0 Å². The van der Waals surface area contributed by atoms with Gasteiger partial charge in [0.2, 0.25) is 0 Å². The predicted molar refractivity (Wildman–Crippen MR) is 111 cm³/mol. The number of aromatic nitrogens is 1. The highest BCUT2D eigenvalue weighted by molar-refractivity contribution is 5.94. The van der Waals surface area contributed by atoms with E-state index in [4.69, 9.17) is 5.73 Å². The number of carbonyl (C=O) groups is 1. The Morgan fingerprint density at radius 1 is 1.28 bits per heavy atom. The minimum absolute atomic E-state index is 0.357. The van der Waals surface area contributed by atoms with Gasteiger partial charge in [-0.1, -0.05) is 32.0 Å². The molecule has 0 spiro atoms. The van der Waals surface area contributed by atoms with Crippen LogP contribution in [-0.2, 0) is 19.5 Å². The van der Waals surface area contributed by atoms with Gasteiger partial charge in [0.15, 0.2) is 0 Å². The van der Waals surface area contributed by atoms with Crippen molar-refractivity contribution in [2.75, 3.05) is 19.6 Å². The Morgan fingerprint density at radius 2 is 1.97 bits per heavy atom. The third-order valence-corrected chi connectivity index (χ3v) is 4.68. The fourth-order valence-electron chi connectivity index (χ4n) is 3.14. The van der Waals surface area contributed by atoms with E-state index >= 15 is 0 Å². The molecule has 0 saturated heterocycles. The lowest BCUT2D eigenvalue weighted by atomic mass is 10.0. The molecular formula is C22H30F2N4O. The third kappa shape index (κ3) is 6.58. The first-order valence-corrected chi connectivity index (χ1v) is 9.98. The van der Waals surface area contributed by atoms with Crippen LogP contribution < -0.4 is 11.1 Å². The number of hydrogen-bond donors (Lipinski definition) is 2. The Kier molecular flexibility index (Phi) is 8.22. The van der Waals surface area contributed by atoms with E-state index in [9.17, 15) is 13.6 Å². The van der Waals surface area contributed by atoms with E-state index in [0.717, 1.165) is 42.9 Å². The fraction of sp³-hybridized carbons (Fsp3) is 0.455. The van der Waals surface area contributed by atoms with Gasteiger partial charge in [0.05, 0.1) is 13.1 Å². The van der Waals surface area contributed by atoms with E-state index in [1.165, 1.54) is 5.56 Å². The maximum absolute atomic E-state index is 13.1. The van der Waals surface area contributed by atoms with Gasteiger partial charge in [-0.3, -0.25) is 14.7 Å². The molecule has 1 aliphatic rings. The Bertz CT molecular complexity index is 809. The number of aryl methyl sites for hydroxylation is 1. The van der Waals surface area contributed by atoms with Gasteiger partial charge in [-0.15, -0.1) is 0 Å². The molecule has 5 nitrogen and oxygen atoms in total. The summed E-state index contributed by atoms with van der Waals surface area (Å²) >= 11 is 0. The summed E-state index contributed by atoms with van der Waals surface area (Å²) in [6.45, 7) is 7.03. The molecule has 2 aromatic rings. The highest BCUT2D eigenvalue weighted by atomic mass is 19.3. The highest BCUT2D eigenvalue weighted by Gasteiger charge is 2.27. The Balaban J connectivity index is 0.00000145. The van der Waals surface area contributed by atoms with Crippen LogP contribution in [-0.4, -0.2) is 41.3 Å². The van der Waals surface area contributed by atoms with Crippen molar-refractivity contribution < 1.29 is 13.6 Å². The molecule has 0 aliphatic carbocycles. The number of carbonyl (C=O) groups excluding carboxylic acids is 1. The standard InChI is InChI=1S/C20H24F2N4O.C2H6/c1-14-8-17-11-26(7-6-18(17)24-9-14)10-15-2-4-16(5-3-15)19(27)25-13-20(21,22)12-23;1-2/h2-5,8-9H,6-7,10-13,23H2,1H3,(H,25,27);1-2H3. The quantitative estimate of drug-likeness (QED) is 0.775. The fourth-order valence-corrected chi connectivity index (χ4v) is 3.14. The molecular weight excluding hydrogens is 374 g/mol. The number of hydrogen-bond acceptors (Lipinski definition) is 4. The lowest BCUT2D eigenvalue weighted by Crippen LogP contribution is -2.41. The summed E-state index contributed by atoms with van der Waals surface area (Å²) < 4.78 is 26.3. The molecule has 158 valence electrons. The zero-order chi connectivity index (χ0) is 21.4. The average Bonchev–Trinajstić information content (AvgIpc) is 2.74. The molecule has 0 atom stereocenters. The van der Waals surface area contributed by atoms with E-state index in [2.05, 4.69) is 21.3 Å². The first kappa shape index (κ1) is 22.9. The summed E-state index contributed by atoms with van der Waals surface area (Å²) in [6, 6.07) is 9.22. The van der Waals surface area contributed by atoms with Crippen LogP contribution in [0.3, 0.4) is 0 Å². The van der Waals surface area contributed by atoms with Crippen LogP contribution in [0, 0.1) is 6.92 Å². The van der Waals surface area contributed by atoms with Crippen molar-refractivity contribution in [3.63, 3.8) is 0 Å². The van der Waals surface area contributed by atoms with Crippen LogP contribution in [0.5, 0.6) is 0 Å². The Labute approximate surface area is 171 Å². The van der Waals surface area contributed by atoms with Gasteiger partial charge in [0, 0.05) is 43.5 Å². The van der Waals surface area contributed by atoms with Crippen LogP contribution in [0.1, 0.15) is 46.6 Å². The van der Waals surface area contributed by atoms with Crippen molar-refractivity contribution in [3.8, 4) is 0 Å². The average molecular weight is 405 g/mol. The minimum atomic E-state index is -3.09. The van der Waals surface area contributed by atoms with Crippen LogP contribution in [0.2, 0.25) is 0 Å². The largest absolute Gasteiger partial charge is 0.346 e. The second kappa shape index (κ2) is 10.4. The molecule has 1 aliphatic heterocycles. The molecule has 1 amide bonds. The summed E-state index contributed by atoms with van der Waals surface area (Å²) in [6.07, 6.45) is 2.83. The summed E-state index contributed by atoms with van der Waals surface area (Å²) in [5.41, 5.74) is 9.98. The molecule has 0 saturated carbocycles. The Hall–Kier alpha value is -2.38. The second-order valence-electron chi connectivity index (χ2n) is 7.02. The minimum Gasteiger partial charge on any atom is -0.346 e. The number of fused-ring (bicyclic) bond motifs is 1. The van der Waals surface area contributed by atoms with E-state index in [1.807, 2.05) is 39.1 Å². The van der Waals surface area contributed by atoms with Gasteiger partial charge in [0.25, 0.3) is 11.8 Å². The SMILES string of the molecule is CC.Cc1cnc2c(c1)CN(Cc1ccc(C(=O)NCC(F)(F)CN)cc1)CC2. The smallest absolute Gasteiger partial charge is 0.277 e. The summed E-state index contributed by atoms with van der Waals surface area (Å²) in [5.74, 6) is -3.61. The molecule has 1 aromatic carbocycles. The summed E-state index contributed by atoms with van der Waals surface area (Å²) in [5, 5.41) is 2.22. The second-order valence-corrected chi connectivity index (χ2v) is 7.02. The molecule has 2 heterocycles. The number of alkyl halides is 2. The number of rotatable bonds is 6. The van der Waals surface area contributed by atoms with Gasteiger partial charge in [-0.25, -0.2) is 8.78 Å². The third-order valence-electron chi connectivity index (χ3n) is 4.68. The molecule has 0 radical (unpaired) electrons. The molecule has 1 aromatic heterocycles. The maximum atomic E-state index is 13.1. The zero-order valence-corrected chi connectivity index (χ0v) is 17.3. The number of halogens is 2. The molecule has 0 bridgehead atoms. The van der Waals surface area contributed by atoms with Gasteiger partial charge in [-0.05, 0) is 35.7 Å². The van der Waals surface area contributed by atoms with Gasteiger partial charge in [0.1, 0.15) is 0 Å². The summed E-state index contributed by atoms with van der Waals surface area (Å²) in [7, 11) is 0. The number of amides is 1. The Morgan fingerprint density at radius 3 is 2.62 bits per heavy atom. The molecule has 0 unspecified atom stereocenters. The lowest BCUT2D eigenvalue weighted by molar-refractivity contribution is 0.0118. The lowest BCUT2D eigenvalue weighted by Gasteiger charge is -2.28. The van der Waals surface area contributed by atoms with E-state index < -0.39 is 24.9 Å². The van der Waals surface area contributed by atoms with E-state index in [-0.39, 0.29) is 0 Å². The zero-order valence-electron chi connectivity index (χ0n) is 17.3. The van der Waals surface area contributed by atoms with Gasteiger partial charge in [-0.2, -0.15) is 0 Å². The maximum Gasteiger partial charge on any atom is 0.277 e. The van der Waals surface area contributed by atoms with Crippen LogP contribution >= 0.6 is 0 Å². The van der Waals surface area contributed by atoms with Crippen molar-refractivity contribution in [2.24, 2.45) is 5.73 Å². The van der Waals surface area contributed by atoms with Crippen LogP contribution in [0.15, 0.2) is 36.5 Å². The summed E-state index contributed by atoms with van der Waals surface area (Å²) in [4.78, 5) is 18.8. The van der Waals surface area contributed by atoms with E-state index in [1.54, 1.807) is 12.1 Å². The predicted octanol–water partition coefficient (Wildman–Crippen LogP) is 3.30. The highest BCUT2D eigenvalue weighted by Crippen LogP contribution is 2.20. The van der Waals surface area contributed by atoms with Gasteiger partial charge < -0.3 is 11.1 Å².